The summed E-state index contributed by atoms with van der Waals surface area (Å²) in [7, 11) is 0. The normalized spacial score (nSPS) is 13.4. The van der Waals surface area contributed by atoms with Gasteiger partial charge < -0.3 is 5.32 Å². The zero-order valence-electron chi connectivity index (χ0n) is 15.6. The Labute approximate surface area is 161 Å². The molecule has 142 valence electrons. The maximum absolute atomic E-state index is 14.5. The summed E-state index contributed by atoms with van der Waals surface area (Å²) in [5.74, 6) is 0.364. The number of tetrazole rings is 1. The van der Waals surface area contributed by atoms with Crippen LogP contribution in [0.1, 0.15) is 37.3 Å². The van der Waals surface area contributed by atoms with Gasteiger partial charge in [0, 0.05) is 18.4 Å². The number of benzene rings is 2. The Kier molecular flexibility index (Phi) is 4.94. The largest absolute Gasteiger partial charge is 0.301 e. The van der Waals surface area contributed by atoms with Crippen molar-refractivity contribution in [1.29, 1.82) is 0 Å². The molecule has 0 saturated carbocycles. The predicted molar refractivity (Wildman–Crippen MR) is 103 cm³/mol. The molecule has 2 aromatic carbocycles. The van der Waals surface area contributed by atoms with Crippen LogP contribution in [0.2, 0.25) is 0 Å². The molecule has 0 fully saturated rings. The minimum absolute atomic E-state index is 0.0999. The van der Waals surface area contributed by atoms with E-state index in [9.17, 15) is 4.39 Å². The van der Waals surface area contributed by atoms with E-state index in [0.29, 0.717) is 11.5 Å². The SMILES string of the molecule is CC(N[C@@H](C)c1ccc(-n2cccn2)c(F)c1)c1nnnn1-c1ccccc1. The highest BCUT2D eigenvalue weighted by atomic mass is 19.1. The fourth-order valence-corrected chi connectivity index (χ4v) is 3.15. The average Bonchev–Trinajstić information content (AvgIpc) is 3.40. The first-order valence-electron chi connectivity index (χ1n) is 9.02. The van der Waals surface area contributed by atoms with Crippen LogP contribution < -0.4 is 5.32 Å². The second kappa shape index (κ2) is 7.69. The lowest BCUT2D eigenvalue weighted by Crippen LogP contribution is -2.25. The molecule has 0 radical (unpaired) electrons. The molecular formula is C20H20FN7. The lowest BCUT2D eigenvalue weighted by Gasteiger charge is -2.20. The zero-order chi connectivity index (χ0) is 19.5. The molecule has 4 aromatic rings. The molecule has 0 bridgehead atoms. The van der Waals surface area contributed by atoms with E-state index in [1.807, 2.05) is 50.2 Å². The Morgan fingerprint density at radius 3 is 2.54 bits per heavy atom. The summed E-state index contributed by atoms with van der Waals surface area (Å²) in [6.07, 6.45) is 3.33. The van der Waals surface area contributed by atoms with Crippen molar-refractivity contribution < 1.29 is 4.39 Å². The predicted octanol–water partition coefficient (Wildman–Crippen LogP) is 3.40. The highest BCUT2D eigenvalue weighted by molar-refractivity contribution is 5.37. The molecule has 0 aliphatic heterocycles. The number of nitrogens with one attached hydrogen (secondary N) is 1. The van der Waals surface area contributed by atoms with Gasteiger partial charge >= 0.3 is 0 Å². The van der Waals surface area contributed by atoms with Crippen LogP contribution in [0.4, 0.5) is 4.39 Å². The first kappa shape index (κ1) is 18.0. The van der Waals surface area contributed by atoms with Gasteiger partial charge in [0.15, 0.2) is 5.82 Å². The number of hydrogen-bond acceptors (Lipinski definition) is 5. The molecule has 0 saturated heterocycles. The van der Waals surface area contributed by atoms with Crippen molar-refractivity contribution in [1.82, 2.24) is 35.3 Å². The lowest BCUT2D eigenvalue weighted by molar-refractivity contribution is 0.466. The molecule has 1 unspecified atom stereocenters. The molecule has 0 amide bonds. The van der Waals surface area contributed by atoms with Crippen molar-refractivity contribution in [3.05, 3.63) is 84.2 Å². The van der Waals surface area contributed by atoms with E-state index in [1.54, 1.807) is 29.2 Å². The van der Waals surface area contributed by atoms with Crippen LogP contribution in [0, 0.1) is 5.82 Å². The van der Waals surface area contributed by atoms with Gasteiger partial charge in [-0.15, -0.1) is 5.10 Å². The Balaban J connectivity index is 1.52. The van der Waals surface area contributed by atoms with Crippen molar-refractivity contribution in [3.8, 4) is 11.4 Å². The lowest BCUT2D eigenvalue weighted by atomic mass is 10.1. The fraction of sp³-hybridized carbons (Fsp3) is 0.200. The minimum Gasteiger partial charge on any atom is -0.301 e. The second-order valence-electron chi connectivity index (χ2n) is 6.56. The summed E-state index contributed by atoms with van der Waals surface area (Å²) < 4.78 is 17.8. The van der Waals surface area contributed by atoms with E-state index in [4.69, 9.17) is 0 Å². The monoisotopic (exact) mass is 377 g/mol. The summed E-state index contributed by atoms with van der Waals surface area (Å²) >= 11 is 0. The summed E-state index contributed by atoms with van der Waals surface area (Å²) in [5.41, 5.74) is 2.14. The van der Waals surface area contributed by atoms with Gasteiger partial charge in [-0.1, -0.05) is 24.3 Å². The number of nitrogens with zero attached hydrogens (tertiary/aromatic N) is 6. The summed E-state index contributed by atoms with van der Waals surface area (Å²) in [4.78, 5) is 0. The summed E-state index contributed by atoms with van der Waals surface area (Å²) in [6, 6.07) is 16.4. The van der Waals surface area contributed by atoms with E-state index in [1.165, 1.54) is 10.7 Å². The van der Waals surface area contributed by atoms with Crippen LogP contribution in [0.5, 0.6) is 0 Å². The van der Waals surface area contributed by atoms with Crippen LogP contribution in [0.25, 0.3) is 11.4 Å². The first-order chi connectivity index (χ1) is 13.6. The smallest absolute Gasteiger partial charge is 0.173 e. The maximum Gasteiger partial charge on any atom is 0.173 e. The van der Waals surface area contributed by atoms with Gasteiger partial charge in [-0.2, -0.15) is 9.78 Å². The summed E-state index contributed by atoms with van der Waals surface area (Å²) in [5, 5.41) is 19.6. The van der Waals surface area contributed by atoms with Gasteiger partial charge in [0.2, 0.25) is 0 Å². The van der Waals surface area contributed by atoms with Crippen molar-refractivity contribution >= 4 is 0 Å². The molecule has 28 heavy (non-hydrogen) atoms. The Bertz CT molecular complexity index is 1040. The maximum atomic E-state index is 14.5. The van der Waals surface area contributed by atoms with E-state index in [-0.39, 0.29) is 17.9 Å². The van der Waals surface area contributed by atoms with Gasteiger partial charge in [-0.25, -0.2) is 9.07 Å². The molecule has 1 N–H and O–H groups in total. The Morgan fingerprint density at radius 1 is 1.00 bits per heavy atom. The van der Waals surface area contributed by atoms with Gasteiger partial charge in [0.25, 0.3) is 0 Å². The average molecular weight is 377 g/mol. The summed E-state index contributed by atoms with van der Waals surface area (Å²) in [6.45, 7) is 3.96. The van der Waals surface area contributed by atoms with Gasteiger partial charge in [0.1, 0.15) is 11.5 Å². The standard InChI is InChI=1S/C20H20FN7/c1-14(16-9-10-19(18(21)13-16)27-12-6-11-22-27)23-15(2)20-24-25-26-28(20)17-7-4-3-5-8-17/h3-15,23H,1-2H3/t14-,15?/m0/s1. The topological polar surface area (TPSA) is 73.5 Å². The Morgan fingerprint density at radius 2 is 1.82 bits per heavy atom. The second-order valence-corrected chi connectivity index (χ2v) is 6.56. The van der Waals surface area contributed by atoms with Crippen LogP contribution >= 0.6 is 0 Å². The molecule has 2 heterocycles. The van der Waals surface area contributed by atoms with Crippen LogP contribution in [0.15, 0.2) is 67.0 Å². The van der Waals surface area contributed by atoms with Crippen LogP contribution in [0.3, 0.4) is 0 Å². The molecule has 2 aromatic heterocycles. The number of hydrogen-bond donors (Lipinski definition) is 1. The van der Waals surface area contributed by atoms with Gasteiger partial charge in [-0.3, -0.25) is 0 Å². The minimum atomic E-state index is -0.323. The van der Waals surface area contributed by atoms with E-state index >= 15 is 0 Å². The van der Waals surface area contributed by atoms with Crippen molar-refractivity contribution in [2.24, 2.45) is 0 Å². The van der Waals surface area contributed by atoms with E-state index in [0.717, 1.165) is 11.3 Å². The van der Waals surface area contributed by atoms with Crippen molar-refractivity contribution in [2.75, 3.05) is 0 Å². The van der Waals surface area contributed by atoms with Crippen molar-refractivity contribution in [2.45, 2.75) is 25.9 Å². The first-order valence-corrected chi connectivity index (χ1v) is 9.02. The molecule has 0 spiro atoms. The zero-order valence-corrected chi connectivity index (χ0v) is 15.6. The number of rotatable bonds is 6. The molecule has 7 nitrogen and oxygen atoms in total. The molecule has 0 aliphatic carbocycles. The molecule has 0 aliphatic rings. The quantitative estimate of drug-likeness (QED) is 0.557. The third-order valence-corrected chi connectivity index (χ3v) is 4.60. The highest BCUT2D eigenvalue weighted by Gasteiger charge is 2.19. The molecular weight excluding hydrogens is 357 g/mol. The van der Waals surface area contributed by atoms with E-state index < -0.39 is 0 Å². The Hall–Kier alpha value is -3.39. The number of aromatic nitrogens is 6. The molecule has 8 heteroatoms. The highest BCUT2D eigenvalue weighted by Crippen LogP contribution is 2.22. The van der Waals surface area contributed by atoms with Crippen LogP contribution in [-0.2, 0) is 0 Å². The number of halogens is 1. The molecule has 4 rings (SSSR count). The third kappa shape index (κ3) is 3.54. The third-order valence-electron chi connectivity index (χ3n) is 4.60. The van der Waals surface area contributed by atoms with Crippen LogP contribution in [-0.4, -0.2) is 30.0 Å². The van der Waals surface area contributed by atoms with Gasteiger partial charge in [-0.05, 0) is 60.2 Å². The van der Waals surface area contributed by atoms with E-state index in [2.05, 4.69) is 25.9 Å². The molecule has 2 atom stereocenters. The van der Waals surface area contributed by atoms with Crippen molar-refractivity contribution in [3.63, 3.8) is 0 Å². The number of para-hydroxylation sites is 1. The fourth-order valence-electron chi connectivity index (χ4n) is 3.15. The van der Waals surface area contributed by atoms with Gasteiger partial charge in [0.05, 0.1) is 11.7 Å².